The van der Waals surface area contributed by atoms with Crippen LogP contribution in [0.4, 0.5) is 0 Å². The average molecular weight is 302 g/mol. The molecule has 0 amide bonds. The Kier molecular flexibility index (Phi) is 4.31. The molecule has 0 bridgehead atoms. The van der Waals surface area contributed by atoms with E-state index in [1.165, 1.54) is 37.7 Å². The van der Waals surface area contributed by atoms with Crippen LogP contribution in [0.2, 0.25) is 0 Å². The van der Waals surface area contributed by atoms with E-state index in [2.05, 4.69) is 53.1 Å². The molecule has 6 atom stereocenters. The van der Waals surface area contributed by atoms with Crippen LogP contribution >= 0.6 is 0 Å². The molecule has 2 saturated carbocycles. The van der Waals surface area contributed by atoms with Crippen LogP contribution in [0.25, 0.3) is 0 Å². The summed E-state index contributed by atoms with van der Waals surface area (Å²) in [6.45, 7) is 12.0. The molecule has 0 aromatic carbocycles. The zero-order chi connectivity index (χ0) is 16.1. The van der Waals surface area contributed by atoms with Crippen LogP contribution in [0.5, 0.6) is 0 Å². The van der Waals surface area contributed by atoms with E-state index in [4.69, 9.17) is 0 Å². The molecule has 0 aliphatic heterocycles. The third-order valence-electron chi connectivity index (χ3n) is 7.22. The number of hydrogen-bond donors (Lipinski definition) is 1. The molecule has 3 rings (SSSR count). The molecular weight excluding hydrogens is 266 g/mol. The first-order valence-corrected chi connectivity index (χ1v) is 9.42. The van der Waals surface area contributed by atoms with Gasteiger partial charge in [0.2, 0.25) is 0 Å². The van der Waals surface area contributed by atoms with Gasteiger partial charge < -0.3 is 5.32 Å². The van der Waals surface area contributed by atoms with Gasteiger partial charge in [-0.15, -0.1) is 0 Å². The first kappa shape index (κ1) is 16.3. The lowest BCUT2D eigenvalue weighted by Crippen LogP contribution is -2.97. The molecule has 0 radical (unpaired) electrons. The van der Waals surface area contributed by atoms with Gasteiger partial charge in [-0.1, -0.05) is 38.0 Å². The van der Waals surface area contributed by atoms with Gasteiger partial charge in [-0.05, 0) is 62.9 Å². The Morgan fingerprint density at radius 1 is 1.18 bits per heavy atom. The highest BCUT2D eigenvalue weighted by atomic mass is 15.0. The fourth-order valence-corrected chi connectivity index (χ4v) is 6.10. The number of hydrogen-bond acceptors (Lipinski definition) is 0. The van der Waals surface area contributed by atoms with E-state index in [1.54, 1.807) is 5.57 Å². The number of quaternary nitrogens is 1. The molecule has 0 spiro atoms. The normalized spacial score (nSPS) is 44.5. The van der Waals surface area contributed by atoms with E-state index in [0.717, 1.165) is 29.6 Å². The average Bonchev–Trinajstić information content (AvgIpc) is 2.46. The summed E-state index contributed by atoms with van der Waals surface area (Å²) in [4.78, 5) is 0. The van der Waals surface area contributed by atoms with Crippen molar-refractivity contribution in [2.75, 3.05) is 0 Å². The molecule has 124 valence electrons. The van der Waals surface area contributed by atoms with Crippen LogP contribution in [-0.2, 0) is 0 Å². The molecule has 2 N–H and O–H groups in total. The number of rotatable bonds is 2. The Balaban J connectivity index is 2.16. The van der Waals surface area contributed by atoms with Crippen molar-refractivity contribution in [3.63, 3.8) is 0 Å². The standard InChI is InChI=1S/C21H35N/c1-13(2)11-17-12-15(4)18-8-7-16(5)21(22-6)10-9-14(3)19(17)20(18)21/h11,14-16,18,20H,6-10,12,22H2,1-5H3. The highest BCUT2D eigenvalue weighted by molar-refractivity contribution is 5.38. The second-order valence-corrected chi connectivity index (χ2v) is 8.76. The Hall–Kier alpha value is -0.560. The summed E-state index contributed by atoms with van der Waals surface area (Å²) in [6, 6.07) is 0. The highest BCUT2D eigenvalue weighted by Gasteiger charge is 2.57. The van der Waals surface area contributed by atoms with Crippen LogP contribution in [0.3, 0.4) is 0 Å². The van der Waals surface area contributed by atoms with Crippen LogP contribution in [-0.4, -0.2) is 5.54 Å². The quantitative estimate of drug-likeness (QED) is 0.724. The molecule has 1 nitrogen and oxygen atoms in total. The van der Waals surface area contributed by atoms with Gasteiger partial charge in [-0.2, -0.15) is 7.05 Å². The summed E-state index contributed by atoms with van der Waals surface area (Å²) in [5.74, 6) is 4.06. The maximum Gasteiger partial charge on any atom is 0.0818 e. The van der Waals surface area contributed by atoms with Gasteiger partial charge in [-0.3, -0.25) is 0 Å². The number of allylic oxidation sites excluding steroid dienone is 3. The lowest BCUT2D eigenvalue weighted by molar-refractivity contribution is -0.699. The van der Waals surface area contributed by atoms with Crippen LogP contribution < -0.4 is 5.32 Å². The topological polar surface area (TPSA) is 16.6 Å². The van der Waals surface area contributed by atoms with E-state index >= 15 is 0 Å². The van der Waals surface area contributed by atoms with Crippen molar-refractivity contribution in [2.45, 2.75) is 72.3 Å². The van der Waals surface area contributed by atoms with Gasteiger partial charge in [0.15, 0.2) is 0 Å². The highest BCUT2D eigenvalue weighted by Crippen LogP contribution is 2.57. The van der Waals surface area contributed by atoms with Crippen molar-refractivity contribution in [2.24, 2.45) is 29.6 Å². The molecule has 6 unspecified atom stereocenters. The minimum absolute atomic E-state index is 0.375. The van der Waals surface area contributed by atoms with E-state index in [1.807, 2.05) is 5.57 Å². The van der Waals surface area contributed by atoms with Gasteiger partial charge in [-0.25, -0.2) is 0 Å². The lowest BCUT2D eigenvalue weighted by Gasteiger charge is -2.59. The summed E-state index contributed by atoms with van der Waals surface area (Å²) in [7, 11) is 4.34. The van der Waals surface area contributed by atoms with Gasteiger partial charge in [0.1, 0.15) is 0 Å². The van der Waals surface area contributed by atoms with Crippen LogP contribution in [0, 0.1) is 36.6 Å². The Morgan fingerprint density at radius 3 is 2.55 bits per heavy atom. The van der Waals surface area contributed by atoms with E-state index in [0.29, 0.717) is 5.54 Å². The minimum atomic E-state index is 0.375. The molecule has 2 fully saturated rings. The molecule has 0 saturated heterocycles. The fraction of sp³-hybridized carbons (Fsp3) is 0.762. The second-order valence-electron chi connectivity index (χ2n) is 8.76. The maximum atomic E-state index is 4.34. The van der Waals surface area contributed by atoms with Crippen LogP contribution in [0.15, 0.2) is 22.8 Å². The third-order valence-corrected chi connectivity index (χ3v) is 7.22. The molecule has 0 aromatic heterocycles. The summed E-state index contributed by atoms with van der Waals surface area (Å²) >= 11 is 0. The molecular formula is C21H35N. The fourth-order valence-electron chi connectivity index (χ4n) is 6.10. The number of nitrogens with two attached hydrogens (primary N) is 1. The van der Waals surface area contributed by atoms with Gasteiger partial charge in [0.25, 0.3) is 0 Å². The lowest BCUT2D eigenvalue weighted by atomic mass is 9.48. The van der Waals surface area contributed by atoms with E-state index in [9.17, 15) is 0 Å². The largest absolute Gasteiger partial charge is 0.473 e. The predicted molar refractivity (Wildman–Crippen MR) is 94.0 cm³/mol. The first-order chi connectivity index (χ1) is 10.4. The maximum absolute atomic E-state index is 4.34. The molecule has 0 aromatic rings. The zero-order valence-corrected chi connectivity index (χ0v) is 15.3. The SMILES string of the molecule is [CH2-][NH2+]C12CCC(C)C3=C(C=C(C)C)CC(C)C(CCC1C)C32. The molecule has 3 aliphatic carbocycles. The Morgan fingerprint density at radius 2 is 1.91 bits per heavy atom. The second kappa shape index (κ2) is 5.82. The first-order valence-electron chi connectivity index (χ1n) is 9.42. The molecule has 3 aliphatic rings. The smallest absolute Gasteiger partial charge is 0.0818 e. The van der Waals surface area contributed by atoms with Crippen molar-refractivity contribution < 1.29 is 5.32 Å². The summed E-state index contributed by atoms with van der Waals surface area (Å²) in [6.07, 6.45) is 9.34. The summed E-state index contributed by atoms with van der Waals surface area (Å²) in [5.41, 5.74) is 5.34. The van der Waals surface area contributed by atoms with E-state index < -0.39 is 0 Å². The van der Waals surface area contributed by atoms with Gasteiger partial charge in [0, 0.05) is 18.3 Å². The predicted octanol–water partition coefficient (Wildman–Crippen LogP) is 4.47. The van der Waals surface area contributed by atoms with Crippen molar-refractivity contribution in [3.8, 4) is 0 Å². The Bertz CT molecular complexity index is 496. The van der Waals surface area contributed by atoms with E-state index in [-0.39, 0.29) is 0 Å². The Labute approximate surface area is 137 Å². The van der Waals surface area contributed by atoms with Crippen molar-refractivity contribution in [1.82, 2.24) is 0 Å². The van der Waals surface area contributed by atoms with Crippen molar-refractivity contribution >= 4 is 0 Å². The molecule has 22 heavy (non-hydrogen) atoms. The zero-order valence-electron chi connectivity index (χ0n) is 15.3. The molecule has 0 heterocycles. The monoisotopic (exact) mass is 301 g/mol. The van der Waals surface area contributed by atoms with Crippen molar-refractivity contribution in [1.29, 1.82) is 0 Å². The van der Waals surface area contributed by atoms with Crippen molar-refractivity contribution in [3.05, 3.63) is 29.8 Å². The molecule has 1 heteroatoms. The third kappa shape index (κ3) is 2.31. The summed E-state index contributed by atoms with van der Waals surface area (Å²) in [5, 5.41) is 2.37. The summed E-state index contributed by atoms with van der Waals surface area (Å²) < 4.78 is 0. The van der Waals surface area contributed by atoms with Crippen LogP contribution in [0.1, 0.15) is 66.7 Å². The van der Waals surface area contributed by atoms with Gasteiger partial charge in [0.05, 0.1) is 5.54 Å². The van der Waals surface area contributed by atoms with Gasteiger partial charge >= 0.3 is 0 Å². The minimum Gasteiger partial charge on any atom is -0.473 e.